The average molecular weight is 1220 g/mol. The number of carbonyl (C=O) groups is 12. The summed E-state index contributed by atoms with van der Waals surface area (Å²) in [6.45, 7) is 17.7. The van der Waals surface area contributed by atoms with Gasteiger partial charge in [-0.3, -0.25) is 52.7 Å². The molecule has 26 nitrogen and oxygen atoms in total. The van der Waals surface area contributed by atoms with E-state index in [0.29, 0.717) is 31.4 Å². The predicted molar refractivity (Wildman–Crippen MR) is 317 cm³/mol. The number of aliphatic carboxylic acids is 1. The van der Waals surface area contributed by atoms with Crippen molar-refractivity contribution in [3.05, 3.63) is 0 Å². The first kappa shape index (κ1) is 74.6. The molecule has 13 atom stereocenters. The molecule has 29 heteroatoms. The van der Waals surface area contributed by atoms with Crippen LogP contribution in [0.2, 0.25) is 0 Å². The van der Waals surface area contributed by atoms with Gasteiger partial charge in [-0.05, 0) is 80.6 Å². The highest BCUT2D eigenvalue weighted by molar-refractivity contribution is 7.98. The molecule has 0 radical (unpaired) electrons. The maximum atomic E-state index is 14.1. The highest BCUT2D eigenvalue weighted by Gasteiger charge is 2.41. The summed E-state index contributed by atoms with van der Waals surface area (Å²) in [6.07, 6.45) is 2.50. The molecule has 0 aromatic heterocycles. The van der Waals surface area contributed by atoms with E-state index in [1.807, 2.05) is 20.1 Å². The lowest BCUT2D eigenvalue weighted by Gasteiger charge is -2.32. The van der Waals surface area contributed by atoms with Crippen LogP contribution in [0.3, 0.4) is 0 Å². The van der Waals surface area contributed by atoms with Gasteiger partial charge in [-0.15, -0.1) is 0 Å². The number of nitrogens with one attached hydrogen (secondary N) is 10. The molecule has 468 valence electrons. The van der Waals surface area contributed by atoms with E-state index in [1.165, 1.54) is 23.6 Å². The fourth-order valence-electron chi connectivity index (χ4n) is 8.63. The van der Waals surface area contributed by atoms with Crippen LogP contribution in [0.5, 0.6) is 0 Å². The molecule has 82 heavy (non-hydrogen) atoms. The van der Waals surface area contributed by atoms with Crippen LogP contribution < -0.4 is 58.9 Å². The monoisotopic (exact) mass is 1220 g/mol. The number of amides is 11. The number of nitrogens with two attached hydrogens (primary N) is 1. The third-order valence-corrected chi connectivity index (χ3v) is 15.2. The summed E-state index contributed by atoms with van der Waals surface area (Å²) in [7, 11) is 0. The lowest BCUT2D eigenvalue weighted by molar-refractivity contribution is -0.143. The minimum Gasteiger partial charge on any atom is -0.480 e. The van der Waals surface area contributed by atoms with Gasteiger partial charge in [0.1, 0.15) is 54.4 Å². The van der Waals surface area contributed by atoms with Crippen molar-refractivity contribution in [2.75, 3.05) is 43.1 Å². The molecular formula is C53H94N12O14S3. The number of aliphatic hydroxyl groups excluding tert-OH is 1. The molecule has 0 aliphatic carbocycles. The lowest BCUT2D eigenvalue weighted by atomic mass is 9.96. The number of hydrogen-bond donors (Lipinski definition) is 15. The number of thioether (sulfide) groups is 1. The summed E-state index contributed by atoms with van der Waals surface area (Å²) in [5.74, 6) is -10.9. The molecule has 1 saturated heterocycles. The van der Waals surface area contributed by atoms with Crippen LogP contribution in [0.25, 0.3) is 0 Å². The zero-order valence-electron chi connectivity index (χ0n) is 49.6. The maximum absolute atomic E-state index is 14.1. The van der Waals surface area contributed by atoms with E-state index in [9.17, 15) is 67.7 Å². The minimum atomic E-state index is -1.60. The molecule has 0 unspecified atom stereocenters. The Labute approximate surface area is 497 Å². The number of nitrogens with zero attached hydrogens (tertiary/aromatic N) is 1. The van der Waals surface area contributed by atoms with Crippen LogP contribution >= 0.6 is 37.0 Å². The number of likely N-dealkylation sites (tertiary alicyclic amines) is 1. The average Bonchev–Trinajstić information content (AvgIpc) is 4.05. The van der Waals surface area contributed by atoms with E-state index in [0.717, 1.165) is 0 Å². The van der Waals surface area contributed by atoms with Crippen molar-refractivity contribution in [3.8, 4) is 0 Å². The van der Waals surface area contributed by atoms with Crippen LogP contribution in [0, 0.1) is 29.6 Å². The Morgan fingerprint density at radius 3 is 1.50 bits per heavy atom. The minimum absolute atomic E-state index is 0.0535. The SMILES string of the molecule is CC[C@H](C)[C@H](NC(=O)CNC(=O)[C@H](CC(C)C)NC(=O)[C@@H](NC(=O)CNC(=O)[C@H](CCSC)NC(=O)[C@@H](N)CC(C)C)[C@@H](C)O)C(=O)N[C@H](C(=O)N[C@@H](CS)C(=O)N1CCC[C@H]1C(=O)N[C@H](C(=O)N[C@@H](CS)C(=O)O)[C@@H](C)CC)C(C)C. The number of thiol groups is 2. The van der Waals surface area contributed by atoms with Crippen molar-refractivity contribution in [2.24, 2.45) is 35.3 Å². The third-order valence-electron chi connectivity index (χ3n) is 13.9. The van der Waals surface area contributed by atoms with E-state index in [2.05, 4.69) is 78.4 Å². The van der Waals surface area contributed by atoms with E-state index < -0.39 is 168 Å². The fourth-order valence-corrected chi connectivity index (χ4v) is 9.59. The van der Waals surface area contributed by atoms with Crippen LogP contribution in [0.15, 0.2) is 0 Å². The molecule has 1 rings (SSSR count). The standard InChI is InChI=1S/C53H94N12O14S3/c1-13-29(9)41(50(75)63-40(28(7)8)48(73)59-35(24-80)52(77)65-18-15-16-37(65)47(72)64-42(30(10)14-2)49(74)60-36(25-81)53(78)79)61-38(67)22-56-46(71)34(21-27(5)6)58-51(76)43(31(11)66)62-39(68)23-55-45(70)33(17-19-82-12)57-44(69)32(54)20-26(3)4/h26-37,40-43,66,80-81H,13-25,54H2,1-12H3,(H,55,70)(H,56,71)(H,57,69)(H,58,76)(H,59,73)(H,60,74)(H,61,67)(H,62,68)(H,63,75)(H,64,72)(H,78,79)/t29-,30-,31+,32-,33-,34-,35-,36-,37-,40-,41-,42-,43-/m0/s1. The van der Waals surface area contributed by atoms with Crippen LogP contribution in [0.4, 0.5) is 0 Å². The highest BCUT2D eigenvalue weighted by atomic mass is 32.2. The molecule has 1 aliphatic rings. The van der Waals surface area contributed by atoms with Crippen molar-refractivity contribution >= 4 is 108 Å². The third kappa shape index (κ3) is 25.2. The highest BCUT2D eigenvalue weighted by Crippen LogP contribution is 2.21. The molecule has 0 spiro atoms. The van der Waals surface area contributed by atoms with Crippen molar-refractivity contribution in [1.82, 2.24) is 58.1 Å². The van der Waals surface area contributed by atoms with E-state index in [4.69, 9.17) is 5.73 Å². The Hall–Kier alpha value is -5.39. The van der Waals surface area contributed by atoms with Crippen LogP contribution in [-0.4, -0.2) is 196 Å². The number of hydrogen-bond acceptors (Lipinski definition) is 17. The lowest BCUT2D eigenvalue weighted by Crippen LogP contribution is -2.61. The zero-order valence-corrected chi connectivity index (χ0v) is 52.2. The maximum Gasteiger partial charge on any atom is 0.327 e. The Balaban J connectivity index is 3.12. The normalized spacial score (nSPS) is 17.6. The Morgan fingerprint density at radius 1 is 0.573 bits per heavy atom. The summed E-state index contributed by atoms with van der Waals surface area (Å²) in [5.41, 5.74) is 6.01. The number of carbonyl (C=O) groups excluding carboxylic acids is 11. The molecular weight excluding hydrogens is 1120 g/mol. The molecule has 0 aromatic carbocycles. The Bertz CT molecular complexity index is 2180. The second-order valence-corrected chi connectivity index (χ2v) is 23.8. The van der Waals surface area contributed by atoms with Gasteiger partial charge < -0.3 is 74.0 Å². The summed E-state index contributed by atoms with van der Waals surface area (Å²) < 4.78 is 0. The molecule has 0 aromatic rings. The predicted octanol–water partition coefficient (Wildman–Crippen LogP) is -1.67. The Kier molecular flexibility index (Phi) is 34.3. The van der Waals surface area contributed by atoms with Gasteiger partial charge in [0.05, 0.1) is 25.2 Å². The number of aliphatic hydroxyl groups is 1. The summed E-state index contributed by atoms with van der Waals surface area (Å²) in [4.78, 5) is 161. The second-order valence-electron chi connectivity index (χ2n) is 22.0. The first-order chi connectivity index (χ1) is 38.4. The first-order valence-electron chi connectivity index (χ1n) is 28.0. The quantitative estimate of drug-likeness (QED) is 0.0310. The molecule has 0 bridgehead atoms. The summed E-state index contributed by atoms with van der Waals surface area (Å²) in [5, 5.41) is 45.5. The van der Waals surface area contributed by atoms with E-state index in [1.54, 1.807) is 55.4 Å². The molecule has 1 heterocycles. The van der Waals surface area contributed by atoms with Gasteiger partial charge in [-0.25, -0.2) is 4.79 Å². The van der Waals surface area contributed by atoms with Crippen molar-refractivity contribution in [3.63, 3.8) is 0 Å². The molecule has 1 fully saturated rings. The molecule has 11 amide bonds. The summed E-state index contributed by atoms with van der Waals surface area (Å²) >= 11 is 9.77. The number of carboxylic acid groups (broad SMARTS) is 1. The van der Waals surface area contributed by atoms with E-state index in [-0.39, 0.29) is 49.1 Å². The molecule has 0 saturated carbocycles. The van der Waals surface area contributed by atoms with Gasteiger partial charge in [-0.1, -0.05) is 82.1 Å². The van der Waals surface area contributed by atoms with Gasteiger partial charge in [-0.2, -0.15) is 37.0 Å². The topological polar surface area (TPSA) is 395 Å². The van der Waals surface area contributed by atoms with Crippen LogP contribution in [0.1, 0.15) is 121 Å². The zero-order chi connectivity index (χ0) is 62.7. The van der Waals surface area contributed by atoms with E-state index >= 15 is 0 Å². The number of rotatable bonds is 37. The smallest absolute Gasteiger partial charge is 0.327 e. The van der Waals surface area contributed by atoms with Gasteiger partial charge >= 0.3 is 5.97 Å². The fraction of sp³-hybridized carbons (Fsp3) is 0.774. The van der Waals surface area contributed by atoms with Crippen molar-refractivity contribution in [1.29, 1.82) is 0 Å². The first-order valence-corrected chi connectivity index (χ1v) is 30.7. The van der Waals surface area contributed by atoms with Gasteiger partial charge in [0.2, 0.25) is 65.0 Å². The van der Waals surface area contributed by atoms with Gasteiger partial charge in [0.15, 0.2) is 0 Å². The van der Waals surface area contributed by atoms with Crippen molar-refractivity contribution < 1.29 is 67.7 Å². The molecule has 14 N–H and O–H groups in total. The Morgan fingerprint density at radius 2 is 1.02 bits per heavy atom. The van der Waals surface area contributed by atoms with Gasteiger partial charge in [0, 0.05) is 18.1 Å². The van der Waals surface area contributed by atoms with Crippen molar-refractivity contribution in [2.45, 2.75) is 188 Å². The largest absolute Gasteiger partial charge is 0.480 e. The summed E-state index contributed by atoms with van der Waals surface area (Å²) in [6, 6.07) is -12.0. The molecule has 1 aliphatic heterocycles. The van der Waals surface area contributed by atoms with Gasteiger partial charge in [0.25, 0.3) is 0 Å². The number of carboxylic acids is 1. The van der Waals surface area contributed by atoms with Crippen LogP contribution in [-0.2, 0) is 57.5 Å². The second kappa shape index (κ2) is 37.7.